The van der Waals surface area contributed by atoms with Gasteiger partial charge in [-0.15, -0.1) is 0 Å². The Balaban J connectivity index is 2.16. The van der Waals surface area contributed by atoms with Crippen molar-refractivity contribution < 1.29 is 19.1 Å². The van der Waals surface area contributed by atoms with E-state index < -0.39 is 5.97 Å². The second-order valence-corrected chi connectivity index (χ2v) is 5.22. The van der Waals surface area contributed by atoms with Crippen molar-refractivity contribution in [3.8, 4) is 11.3 Å². The van der Waals surface area contributed by atoms with E-state index in [0.29, 0.717) is 11.1 Å². The van der Waals surface area contributed by atoms with Crippen LogP contribution in [0.25, 0.3) is 11.3 Å². The molecule has 0 atom stereocenters. The van der Waals surface area contributed by atoms with Crippen molar-refractivity contribution in [3.05, 3.63) is 83.1 Å². The second kappa shape index (κ2) is 5.93. The van der Waals surface area contributed by atoms with E-state index in [2.05, 4.69) is 0 Å². The van der Waals surface area contributed by atoms with Gasteiger partial charge in [-0.3, -0.25) is 4.79 Å². The maximum atomic E-state index is 12.8. The second-order valence-electron chi connectivity index (χ2n) is 5.22. The molecule has 4 heteroatoms. The minimum Gasteiger partial charge on any atom is -0.478 e. The number of carbonyl (C=O) groups is 2. The van der Waals surface area contributed by atoms with Crippen molar-refractivity contribution in [2.75, 3.05) is 0 Å². The third-order valence-electron chi connectivity index (χ3n) is 3.60. The number of carboxylic acids is 1. The summed E-state index contributed by atoms with van der Waals surface area (Å²) in [5.41, 5.74) is 2.06. The molecule has 0 spiro atoms. The molecule has 4 nitrogen and oxygen atoms in total. The van der Waals surface area contributed by atoms with E-state index in [-0.39, 0.29) is 22.7 Å². The van der Waals surface area contributed by atoms with Gasteiger partial charge in [-0.1, -0.05) is 60.2 Å². The smallest absolute Gasteiger partial charge is 0.339 e. The van der Waals surface area contributed by atoms with Crippen molar-refractivity contribution in [3.63, 3.8) is 0 Å². The van der Waals surface area contributed by atoms with Crippen LogP contribution in [-0.4, -0.2) is 16.9 Å². The lowest BCUT2D eigenvalue weighted by molar-refractivity contribution is 0.0692. The molecule has 0 aliphatic rings. The predicted octanol–water partition coefficient (Wildman–Crippen LogP) is 4.18. The Morgan fingerprint density at radius 3 is 2.22 bits per heavy atom. The summed E-state index contributed by atoms with van der Waals surface area (Å²) < 4.78 is 5.41. The molecule has 1 heterocycles. The van der Waals surface area contributed by atoms with Crippen LogP contribution in [-0.2, 0) is 0 Å². The number of benzene rings is 2. The lowest BCUT2D eigenvalue weighted by atomic mass is 9.96. The average Bonchev–Trinajstić information content (AvgIpc) is 3.01. The van der Waals surface area contributed by atoms with E-state index in [1.165, 1.54) is 0 Å². The van der Waals surface area contributed by atoms with Gasteiger partial charge in [0.2, 0.25) is 0 Å². The van der Waals surface area contributed by atoms with Crippen LogP contribution in [0.3, 0.4) is 0 Å². The van der Waals surface area contributed by atoms with Gasteiger partial charge in [-0.25, -0.2) is 4.79 Å². The fourth-order valence-electron chi connectivity index (χ4n) is 2.39. The maximum absolute atomic E-state index is 12.8. The van der Waals surface area contributed by atoms with Gasteiger partial charge in [-0.05, 0) is 6.92 Å². The van der Waals surface area contributed by atoms with Crippen molar-refractivity contribution >= 4 is 11.8 Å². The van der Waals surface area contributed by atoms with E-state index in [1.807, 2.05) is 25.1 Å². The first-order chi connectivity index (χ1) is 11.1. The molecule has 0 unspecified atom stereocenters. The normalized spacial score (nSPS) is 10.5. The largest absolute Gasteiger partial charge is 0.478 e. The van der Waals surface area contributed by atoms with Gasteiger partial charge in [0.15, 0.2) is 5.78 Å². The lowest BCUT2D eigenvalue weighted by Crippen LogP contribution is -2.08. The number of ketones is 1. The molecule has 0 bridgehead atoms. The number of aryl methyl sites for hydroxylation is 1. The van der Waals surface area contributed by atoms with Gasteiger partial charge in [0, 0.05) is 11.1 Å². The van der Waals surface area contributed by atoms with E-state index in [4.69, 9.17) is 4.42 Å². The first-order valence-electron chi connectivity index (χ1n) is 7.09. The molecule has 3 rings (SSSR count). The zero-order valence-corrected chi connectivity index (χ0v) is 12.4. The summed E-state index contributed by atoms with van der Waals surface area (Å²) in [5.74, 6) is -1.28. The van der Waals surface area contributed by atoms with Crippen molar-refractivity contribution in [1.82, 2.24) is 0 Å². The summed E-state index contributed by atoms with van der Waals surface area (Å²) in [4.78, 5) is 24.3. The fraction of sp³-hybridized carbons (Fsp3) is 0.0526. The van der Waals surface area contributed by atoms with Crippen LogP contribution in [0.1, 0.15) is 31.8 Å². The first kappa shape index (κ1) is 14.8. The van der Waals surface area contributed by atoms with Crippen molar-refractivity contribution in [2.24, 2.45) is 0 Å². The Labute approximate surface area is 133 Å². The van der Waals surface area contributed by atoms with Gasteiger partial charge >= 0.3 is 5.97 Å². The Kier molecular flexibility index (Phi) is 3.81. The summed E-state index contributed by atoms with van der Waals surface area (Å²) in [6, 6.07) is 16.0. The molecule has 0 saturated carbocycles. The summed E-state index contributed by atoms with van der Waals surface area (Å²) in [6.07, 6.45) is 1.12. The quantitative estimate of drug-likeness (QED) is 0.734. The first-order valence-corrected chi connectivity index (χ1v) is 7.09. The Hall–Kier alpha value is -3.14. The molecule has 0 fully saturated rings. The monoisotopic (exact) mass is 306 g/mol. The SMILES string of the molecule is Cc1ccc(C(=O)c2c(C(=O)O)coc2-c2ccccc2)cc1. The molecular formula is C19H14O4. The van der Waals surface area contributed by atoms with Crippen molar-refractivity contribution in [1.29, 1.82) is 0 Å². The number of rotatable bonds is 4. The van der Waals surface area contributed by atoms with E-state index in [0.717, 1.165) is 11.8 Å². The number of hydrogen-bond acceptors (Lipinski definition) is 3. The molecule has 0 aliphatic carbocycles. The molecular weight excluding hydrogens is 292 g/mol. The summed E-state index contributed by atoms with van der Waals surface area (Å²) >= 11 is 0. The van der Waals surface area contributed by atoms with Gasteiger partial charge in [0.05, 0.1) is 5.56 Å². The van der Waals surface area contributed by atoms with Crippen LogP contribution >= 0.6 is 0 Å². The highest BCUT2D eigenvalue weighted by Crippen LogP contribution is 2.30. The maximum Gasteiger partial charge on any atom is 0.339 e. The minimum atomic E-state index is -1.19. The highest BCUT2D eigenvalue weighted by molar-refractivity contribution is 6.17. The topological polar surface area (TPSA) is 67.5 Å². The Bertz CT molecular complexity index is 858. The third-order valence-corrected chi connectivity index (χ3v) is 3.60. The zero-order chi connectivity index (χ0) is 16.4. The zero-order valence-electron chi connectivity index (χ0n) is 12.4. The number of furan rings is 1. The Morgan fingerprint density at radius 1 is 0.957 bits per heavy atom. The predicted molar refractivity (Wildman–Crippen MR) is 85.7 cm³/mol. The van der Waals surface area contributed by atoms with Crippen LogP contribution in [0, 0.1) is 6.92 Å². The van der Waals surface area contributed by atoms with Crippen LogP contribution in [0.5, 0.6) is 0 Å². The number of aromatic carboxylic acids is 1. The molecule has 3 aromatic rings. The number of hydrogen-bond donors (Lipinski definition) is 1. The van der Waals surface area contributed by atoms with Crippen LogP contribution in [0.2, 0.25) is 0 Å². The molecule has 0 aliphatic heterocycles. The summed E-state index contributed by atoms with van der Waals surface area (Å²) in [5, 5.41) is 9.35. The van der Waals surface area contributed by atoms with Gasteiger partial charge in [0.25, 0.3) is 0 Å². The standard InChI is InChI=1S/C19H14O4/c1-12-7-9-13(10-8-12)17(20)16-15(19(21)22)11-23-18(16)14-5-3-2-4-6-14/h2-11H,1H3,(H,21,22). The number of carboxylic acid groups (broad SMARTS) is 1. The summed E-state index contributed by atoms with van der Waals surface area (Å²) in [6.45, 7) is 1.92. The van der Waals surface area contributed by atoms with Crippen LogP contribution in [0.15, 0.2) is 65.3 Å². The highest BCUT2D eigenvalue weighted by atomic mass is 16.4. The third kappa shape index (κ3) is 2.79. The average molecular weight is 306 g/mol. The molecule has 2 aromatic carbocycles. The molecule has 114 valence electrons. The minimum absolute atomic E-state index is 0.0764. The van der Waals surface area contributed by atoms with Crippen LogP contribution < -0.4 is 0 Å². The van der Waals surface area contributed by atoms with Crippen LogP contribution in [0.4, 0.5) is 0 Å². The molecule has 0 radical (unpaired) electrons. The van der Waals surface area contributed by atoms with Gasteiger partial charge in [0.1, 0.15) is 17.6 Å². The van der Waals surface area contributed by atoms with Gasteiger partial charge in [-0.2, -0.15) is 0 Å². The highest BCUT2D eigenvalue weighted by Gasteiger charge is 2.26. The fourth-order valence-corrected chi connectivity index (χ4v) is 2.39. The Morgan fingerprint density at radius 2 is 1.61 bits per heavy atom. The molecule has 23 heavy (non-hydrogen) atoms. The van der Waals surface area contributed by atoms with Gasteiger partial charge < -0.3 is 9.52 Å². The molecule has 1 aromatic heterocycles. The number of carbonyl (C=O) groups excluding carboxylic acids is 1. The van der Waals surface area contributed by atoms with E-state index >= 15 is 0 Å². The van der Waals surface area contributed by atoms with Crippen molar-refractivity contribution in [2.45, 2.75) is 6.92 Å². The molecule has 0 amide bonds. The molecule has 1 N–H and O–H groups in total. The summed E-state index contributed by atoms with van der Waals surface area (Å²) in [7, 11) is 0. The van der Waals surface area contributed by atoms with E-state index in [9.17, 15) is 14.7 Å². The molecule has 0 saturated heterocycles. The lowest BCUT2D eigenvalue weighted by Gasteiger charge is -2.05. The van der Waals surface area contributed by atoms with E-state index in [1.54, 1.807) is 36.4 Å².